The maximum Gasteiger partial charge on any atom is 0.140 e. The van der Waals surface area contributed by atoms with E-state index < -0.39 is 6.10 Å². The number of hydrogen-bond donors (Lipinski definition) is 1. The average molecular weight is 313 g/mol. The molecule has 2 aromatic rings. The van der Waals surface area contributed by atoms with Crippen LogP contribution < -0.4 is 4.74 Å². The van der Waals surface area contributed by atoms with E-state index in [0.29, 0.717) is 11.1 Å². The first-order valence-electron chi connectivity index (χ1n) is 7.22. The fraction of sp³-hybridized carbons (Fsp3) is 0.0952. The van der Waals surface area contributed by atoms with Crippen LogP contribution in [0.4, 0.5) is 0 Å². The number of nitriles is 1. The minimum Gasteiger partial charge on any atom is -0.497 e. The van der Waals surface area contributed by atoms with Crippen LogP contribution in [0.15, 0.2) is 60.7 Å². The van der Waals surface area contributed by atoms with Gasteiger partial charge in [-0.3, -0.25) is 0 Å². The van der Waals surface area contributed by atoms with Crippen LogP contribution in [-0.2, 0) is 0 Å². The molecule has 116 valence electrons. The lowest BCUT2D eigenvalue weighted by atomic mass is 10.1. The molecule has 0 heterocycles. The first kappa shape index (κ1) is 16.9. The highest BCUT2D eigenvalue weighted by Gasteiger charge is 2.02. The van der Waals surface area contributed by atoms with Crippen molar-refractivity contribution in [2.45, 2.75) is 6.10 Å². The molecular formula is C21H15NO2. The fourth-order valence-corrected chi connectivity index (χ4v) is 1.83. The van der Waals surface area contributed by atoms with Crippen LogP contribution in [0.25, 0.3) is 0 Å². The van der Waals surface area contributed by atoms with Crippen LogP contribution in [0.5, 0.6) is 5.75 Å². The number of ether oxygens (including phenoxy) is 1. The third kappa shape index (κ3) is 5.08. The Morgan fingerprint density at radius 2 is 1.58 bits per heavy atom. The SMILES string of the molecule is COc1ccc(C(O)C#C/C=C\C#Cc2ccc(C#N)cc2)cc1. The van der Waals surface area contributed by atoms with E-state index in [2.05, 4.69) is 29.8 Å². The highest BCUT2D eigenvalue weighted by atomic mass is 16.5. The molecule has 0 aliphatic heterocycles. The van der Waals surface area contributed by atoms with Gasteiger partial charge in [0.1, 0.15) is 11.9 Å². The summed E-state index contributed by atoms with van der Waals surface area (Å²) in [5, 5.41) is 18.7. The van der Waals surface area contributed by atoms with Crippen molar-refractivity contribution in [2.75, 3.05) is 7.11 Å². The first-order chi connectivity index (χ1) is 11.7. The molecule has 0 saturated heterocycles. The highest BCUT2D eigenvalue weighted by molar-refractivity contribution is 5.42. The Kier molecular flexibility index (Phi) is 6.25. The zero-order valence-electron chi connectivity index (χ0n) is 13.2. The molecule has 0 amide bonds. The molecule has 0 aliphatic rings. The Labute approximate surface area is 141 Å². The summed E-state index contributed by atoms with van der Waals surface area (Å²) in [6.45, 7) is 0. The van der Waals surface area contributed by atoms with E-state index in [1.165, 1.54) is 0 Å². The van der Waals surface area contributed by atoms with Crippen LogP contribution >= 0.6 is 0 Å². The van der Waals surface area contributed by atoms with Crippen molar-refractivity contribution < 1.29 is 9.84 Å². The number of methoxy groups -OCH3 is 1. The summed E-state index contributed by atoms with van der Waals surface area (Å²) in [4.78, 5) is 0. The summed E-state index contributed by atoms with van der Waals surface area (Å²) in [6.07, 6.45) is 2.35. The van der Waals surface area contributed by atoms with Gasteiger partial charge in [0.05, 0.1) is 18.7 Å². The Hall–Kier alpha value is -3.45. The quantitative estimate of drug-likeness (QED) is 0.866. The summed E-state index contributed by atoms with van der Waals surface area (Å²) < 4.78 is 5.06. The molecule has 1 unspecified atom stereocenters. The van der Waals surface area contributed by atoms with E-state index in [0.717, 1.165) is 11.3 Å². The second-order valence-corrected chi connectivity index (χ2v) is 4.76. The van der Waals surface area contributed by atoms with Crippen molar-refractivity contribution >= 4 is 0 Å². The number of aliphatic hydroxyl groups excluding tert-OH is 1. The summed E-state index contributed by atoms with van der Waals surface area (Å²) in [5.74, 6) is 12.0. The van der Waals surface area contributed by atoms with E-state index in [1.807, 2.05) is 0 Å². The van der Waals surface area contributed by atoms with Crippen molar-refractivity contribution in [3.05, 3.63) is 77.4 Å². The van der Waals surface area contributed by atoms with Crippen molar-refractivity contribution in [2.24, 2.45) is 0 Å². The van der Waals surface area contributed by atoms with Crippen molar-refractivity contribution in [1.29, 1.82) is 5.26 Å². The standard InChI is InChI=1S/C21H15NO2/c1-24-20-14-12-19(13-15-20)21(23)7-5-3-2-4-6-17-8-10-18(16-22)11-9-17/h2-3,8-15,21,23H,1H3/b3-2-. The molecule has 0 bridgehead atoms. The molecule has 2 rings (SSSR count). The van der Waals surface area contributed by atoms with Gasteiger partial charge in [0.15, 0.2) is 0 Å². The topological polar surface area (TPSA) is 53.2 Å². The molecular weight excluding hydrogens is 298 g/mol. The van der Waals surface area contributed by atoms with Crippen LogP contribution in [-0.4, -0.2) is 12.2 Å². The van der Waals surface area contributed by atoms with Crippen LogP contribution in [0.3, 0.4) is 0 Å². The van der Waals surface area contributed by atoms with Crippen LogP contribution in [0.2, 0.25) is 0 Å². The second-order valence-electron chi connectivity index (χ2n) is 4.76. The first-order valence-corrected chi connectivity index (χ1v) is 7.22. The second kappa shape index (κ2) is 8.86. The van der Waals surface area contributed by atoms with E-state index >= 15 is 0 Å². The van der Waals surface area contributed by atoms with Crippen LogP contribution in [0.1, 0.15) is 22.8 Å². The molecule has 1 atom stereocenters. The highest BCUT2D eigenvalue weighted by Crippen LogP contribution is 2.16. The zero-order chi connectivity index (χ0) is 17.2. The predicted molar refractivity (Wildman–Crippen MR) is 92.9 cm³/mol. The number of benzene rings is 2. The summed E-state index contributed by atoms with van der Waals surface area (Å²) in [6, 6.07) is 16.2. The normalized spacial score (nSPS) is 10.7. The molecule has 0 aromatic heterocycles. The minimum absolute atomic E-state index is 0.606. The largest absolute Gasteiger partial charge is 0.497 e. The number of hydrogen-bond acceptors (Lipinski definition) is 3. The van der Waals surface area contributed by atoms with E-state index in [1.54, 1.807) is 67.8 Å². The van der Waals surface area contributed by atoms with Crippen LogP contribution in [0, 0.1) is 35.0 Å². The Balaban J connectivity index is 1.93. The molecule has 0 fully saturated rings. The lowest BCUT2D eigenvalue weighted by molar-refractivity contribution is 0.238. The van der Waals surface area contributed by atoms with Gasteiger partial charge in [0.25, 0.3) is 0 Å². The maximum absolute atomic E-state index is 9.96. The summed E-state index contributed by atoms with van der Waals surface area (Å²) in [7, 11) is 1.59. The predicted octanol–water partition coefficient (Wildman–Crippen LogP) is 3.21. The van der Waals surface area contributed by atoms with E-state index in [-0.39, 0.29) is 0 Å². The number of rotatable bonds is 2. The van der Waals surface area contributed by atoms with Gasteiger partial charge in [0, 0.05) is 5.56 Å². The molecule has 2 aromatic carbocycles. The third-order valence-corrected chi connectivity index (χ3v) is 3.13. The monoisotopic (exact) mass is 313 g/mol. The number of aliphatic hydroxyl groups is 1. The van der Waals surface area contributed by atoms with Crippen molar-refractivity contribution in [1.82, 2.24) is 0 Å². The molecule has 0 aliphatic carbocycles. The van der Waals surface area contributed by atoms with E-state index in [9.17, 15) is 5.11 Å². The lowest BCUT2D eigenvalue weighted by Crippen LogP contribution is -1.93. The molecule has 0 saturated carbocycles. The smallest absolute Gasteiger partial charge is 0.140 e. The van der Waals surface area contributed by atoms with Crippen molar-refractivity contribution in [3.8, 4) is 35.5 Å². The number of allylic oxidation sites excluding steroid dienone is 2. The Morgan fingerprint density at radius 1 is 0.958 bits per heavy atom. The molecule has 0 spiro atoms. The Morgan fingerprint density at radius 3 is 2.21 bits per heavy atom. The van der Waals surface area contributed by atoms with Gasteiger partial charge < -0.3 is 9.84 Å². The molecule has 3 nitrogen and oxygen atoms in total. The minimum atomic E-state index is -0.855. The number of nitrogens with zero attached hydrogens (tertiary/aromatic N) is 1. The average Bonchev–Trinajstić information content (AvgIpc) is 2.65. The fourth-order valence-electron chi connectivity index (χ4n) is 1.83. The molecule has 0 radical (unpaired) electrons. The van der Waals surface area contributed by atoms with Gasteiger partial charge in [0.2, 0.25) is 0 Å². The Bertz CT molecular complexity index is 864. The summed E-state index contributed by atoms with van der Waals surface area (Å²) in [5.41, 5.74) is 2.14. The van der Waals surface area contributed by atoms with Gasteiger partial charge in [-0.25, -0.2) is 0 Å². The molecule has 3 heteroatoms. The lowest BCUT2D eigenvalue weighted by Gasteiger charge is -2.04. The zero-order valence-corrected chi connectivity index (χ0v) is 13.2. The van der Waals surface area contributed by atoms with Gasteiger partial charge >= 0.3 is 0 Å². The van der Waals surface area contributed by atoms with Gasteiger partial charge in [-0.05, 0) is 54.1 Å². The molecule has 1 N–H and O–H groups in total. The van der Waals surface area contributed by atoms with Gasteiger partial charge in [-0.1, -0.05) is 35.8 Å². The van der Waals surface area contributed by atoms with Gasteiger partial charge in [-0.2, -0.15) is 5.26 Å². The van der Waals surface area contributed by atoms with E-state index in [4.69, 9.17) is 10.00 Å². The van der Waals surface area contributed by atoms with Crippen molar-refractivity contribution in [3.63, 3.8) is 0 Å². The third-order valence-electron chi connectivity index (χ3n) is 3.13. The molecule has 24 heavy (non-hydrogen) atoms. The summed E-state index contributed by atoms with van der Waals surface area (Å²) >= 11 is 0. The van der Waals surface area contributed by atoms with Gasteiger partial charge in [-0.15, -0.1) is 0 Å². The maximum atomic E-state index is 9.96.